The fourth-order valence-electron chi connectivity index (χ4n) is 3.01. The lowest BCUT2D eigenvalue weighted by Gasteiger charge is -2.09. The molecular weight excluding hydrogens is 424 g/mol. The summed E-state index contributed by atoms with van der Waals surface area (Å²) in [5.41, 5.74) is 4.60. The number of hydrogen-bond acceptors (Lipinski definition) is 6. The Morgan fingerprint density at radius 2 is 1.94 bits per heavy atom. The summed E-state index contributed by atoms with van der Waals surface area (Å²) >= 11 is 5.99. The van der Waals surface area contributed by atoms with Crippen molar-refractivity contribution < 1.29 is 9.72 Å². The number of rotatable bonds is 4. The van der Waals surface area contributed by atoms with Gasteiger partial charge in [-0.1, -0.05) is 17.7 Å². The Bertz CT molecular complexity index is 1430. The summed E-state index contributed by atoms with van der Waals surface area (Å²) in [7, 11) is 0. The second-order valence-electron chi connectivity index (χ2n) is 6.84. The molecular formula is C20H15ClN6O4. The highest BCUT2D eigenvalue weighted by molar-refractivity contribution is 6.34. The number of carbonyl (C=O) groups is 1. The number of amides is 1. The largest absolute Gasteiger partial charge is 0.283 e. The van der Waals surface area contributed by atoms with E-state index in [1.54, 1.807) is 0 Å². The van der Waals surface area contributed by atoms with Gasteiger partial charge in [-0.15, -0.1) is 0 Å². The molecule has 1 N–H and O–H groups in total. The van der Waals surface area contributed by atoms with Gasteiger partial charge in [0.2, 0.25) is 0 Å². The highest BCUT2D eigenvalue weighted by Crippen LogP contribution is 2.22. The van der Waals surface area contributed by atoms with E-state index in [2.05, 4.69) is 15.5 Å². The van der Waals surface area contributed by atoms with E-state index in [1.165, 1.54) is 23.0 Å². The van der Waals surface area contributed by atoms with Crippen molar-refractivity contribution in [3.05, 3.63) is 91.1 Å². The summed E-state index contributed by atoms with van der Waals surface area (Å²) in [5, 5.41) is 15.4. The van der Waals surface area contributed by atoms with Gasteiger partial charge >= 0.3 is 0 Å². The summed E-state index contributed by atoms with van der Waals surface area (Å²) in [4.78, 5) is 40.0. The molecule has 2 aromatic heterocycles. The lowest BCUT2D eigenvalue weighted by molar-refractivity contribution is -0.384. The lowest BCUT2D eigenvalue weighted by Crippen LogP contribution is -2.33. The summed E-state index contributed by atoms with van der Waals surface area (Å²) in [6, 6.07) is 9.20. The first kappa shape index (κ1) is 20.2. The molecule has 0 unspecified atom stereocenters. The molecule has 4 rings (SSSR count). The molecule has 0 aliphatic rings. The van der Waals surface area contributed by atoms with Crippen molar-refractivity contribution in [3.63, 3.8) is 0 Å². The van der Waals surface area contributed by atoms with Crippen LogP contribution < -0.4 is 11.0 Å². The standard InChI is InChI=1S/C20H15ClN6O4/c1-11-3-4-13(7-12(11)2)26-18-16(9-23-26)20(29)25(10-22-18)24-19(28)15-8-14(27(30)31)5-6-17(15)21/h3-10H,1-2H3,(H,24,28). The number of aromatic nitrogens is 4. The fourth-order valence-corrected chi connectivity index (χ4v) is 3.21. The van der Waals surface area contributed by atoms with Crippen molar-refractivity contribution in [2.45, 2.75) is 13.8 Å². The van der Waals surface area contributed by atoms with Crippen LogP contribution >= 0.6 is 11.6 Å². The maximum Gasteiger partial charge on any atom is 0.283 e. The molecule has 0 saturated heterocycles. The molecule has 0 spiro atoms. The third-order valence-corrected chi connectivity index (χ3v) is 5.18. The third kappa shape index (κ3) is 3.64. The molecule has 0 radical (unpaired) electrons. The Morgan fingerprint density at radius 1 is 1.16 bits per heavy atom. The van der Waals surface area contributed by atoms with Crippen LogP contribution in [0.2, 0.25) is 5.02 Å². The quantitative estimate of drug-likeness (QED) is 0.385. The number of fused-ring (bicyclic) bond motifs is 1. The maximum atomic E-state index is 12.8. The van der Waals surface area contributed by atoms with Gasteiger partial charge in [-0.05, 0) is 43.2 Å². The summed E-state index contributed by atoms with van der Waals surface area (Å²) < 4.78 is 2.42. The van der Waals surface area contributed by atoms with Crippen molar-refractivity contribution in [2.75, 3.05) is 5.43 Å². The lowest BCUT2D eigenvalue weighted by atomic mass is 10.1. The van der Waals surface area contributed by atoms with Crippen LogP contribution in [0.4, 0.5) is 5.69 Å². The van der Waals surface area contributed by atoms with E-state index in [1.807, 2.05) is 32.0 Å². The minimum absolute atomic E-state index is 0.00717. The van der Waals surface area contributed by atoms with Gasteiger partial charge in [0.1, 0.15) is 11.7 Å². The van der Waals surface area contributed by atoms with Crippen LogP contribution in [0.1, 0.15) is 21.5 Å². The average molecular weight is 439 g/mol. The monoisotopic (exact) mass is 438 g/mol. The fraction of sp³-hybridized carbons (Fsp3) is 0.100. The van der Waals surface area contributed by atoms with Crippen molar-refractivity contribution in [2.24, 2.45) is 0 Å². The van der Waals surface area contributed by atoms with Gasteiger partial charge < -0.3 is 0 Å². The molecule has 2 aromatic carbocycles. The van der Waals surface area contributed by atoms with Crippen LogP contribution in [-0.2, 0) is 0 Å². The predicted molar refractivity (Wildman–Crippen MR) is 114 cm³/mol. The smallest absolute Gasteiger partial charge is 0.267 e. The number of benzene rings is 2. The molecule has 2 heterocycles. The van der Waals surface area contributed by atoms with Crippen LogP contribution in [0.3, 0.4) is 0 Å². The molecule has 11 heteroatoms. The molecule has 1 amide bonds. The van der Waals surface area contributed by atoms with Gasteiger partial charge in [0.15, 0.2) is 5.65 Å². The Kier molecular flexibility index (Phi) is 4.99. The van der Waals surface area contributed by atoms with Gasteiger partial charge in [0, 0.05) is 12.1 Å². The Hall–Kier alpha value is -4.05. The normalized spacial score (nSPS) is 10.9. The molecule has 156 valence electrons. The predicted octanol–water partition coefficient (Wildman–Crippen LogP) is 3.14. The van der Waals surface area contributed by atoms with Crippen LogP contribution in [0.15, 0.2) is 53.7 Å². The van der Waals surface area contributed by atoms with E-state index in [0.29, 0.717) is 5.65 Å². The molecule has 0 atom stereocenters. The van der Waals surface area contributed by atoms with Gasteiger partial charge in [-0.3, -0.25) is 25.1 Å². The highest BCUT2D eigenvalue weighted by atomic mass is 35.5. The number of halogens is 1. The van der Waals surface area contributed by atoms with Gasteiger partial charge in [-0.25, -0.2) is 14.3 Å². The van der Waals surface area contributed by atoms with E-state index < -0.39 is 16.4 Å². The Balaban J connectivity index is 1.70. The zero-order valence-electron chi connectivity index (χ0n) is 16.4. The van der Waals surface area contributed by atoms with Crippen LogP contribution in [0.5, 0.6) is 0 Å². The Morgan fingerprint density at radius 3 is 2.65 bits per heavy atom. The first-order chi connectivity index (χ1) is 14.8. The SMILES string of the molecule is Cc1ccc(-n2ncc3c(=O)n(NC(=O)c4cc([N+](=O)[O-])ccc4Cl)cnc32)cc1C. The number of hydrogen-bond donors (Lipinski definition) is 1. The van der Waals surface area contributed by atoms with E-state index >= 15 is 0 Å². The van der Waals surface area contributed by atoms with Gasteiger partial charge in [-0.2, -0.15) is 5.10 Å². The zero-order valence-corrected chi connectivity index (χ0v) is 17.1. The minimum Gasteiger partial charge on any atom is -0.267 e. The molecule has 10 nitrogen and oxygen atoms in total. The number of aryl methyl sites for hydroxylation is 2. The number of non-ortho nitro benzene ring substituents is 1. The molecule has 4 aromatic rings. The van der Waals surface area contributed by atoms with E-state index in [9.17, 15) is 19.7 Å². The van der Waals surface area contributed by atoms with Gasteiger partial charge in [0.25, 0.3) is 17.2 Å². The molecule has 0 bridgehead atoms. The molecule has 0 aliphatic carbocycles. The number of nitro benzene ring substituents is 1. The van der Waals surface area contributed by atoms with Crippen molar-refractivity contribution >= 4 is 34.2 Å². The average Bonchev–Trinajstić information content (AvgIpc) is 3.17. The van der Waals surface area contributed by atoms with Gasteiger partial charge in [0.05, 0.1) is 27.4 Å². The van der Waals surface area contributed by atoms with Crippen LogP contribution in [0.25, 0.3) is 16.7 Å². The van der Waals surface area contributed by atoms with Crippen LogP contribution in [-0.4, -0.2) is 30.3 Å². The number of nitrogens with zero attached hydrogens (tertiary/aromatic N) is 5. The van der Waals surface area contributed by atoms with Crippen molar-refractivity contribution in [1.29, 1.82) is 0 Å². The minimum atomic E-state index is -0.793. The molecule has 0 aliphatic heterocycles. The topological polar surface area (TPSA) is 125 Å². The Labute approximate surface area is 179 Å². The van der Waals surface area contributed by atoms with Crippen molar-refractivity contribution in [3.8, 4) is 5.69 Å². The number of nitro groups is 1. The number of nitrogens with one attached hydrogen (secondary N) is 1. The summed E-state index contributed by atoms with van der Waals surface area (Å²) in [6.07, 6.45) is 2.51. The zero-order chi connectivity index (χ0) is 22.3. The third-order valence-electron chi connectivity index (χ3n) is 4.85. The van der Waals surface area contributed by atoms with E-state index in [-0.39, 0.29) is 21.7 Å². The highest BCUT2D eigenvalue weighted by Gasteiger charge is 2.18. The maximum absolute atomic E-state index is 12.8. The molecule has 0 fully saturated rings. The first-order valence-electron chi connectivity index (χ1n) is 9.04. The second kappa shape index (κ2) is 7.65. The second-order valence-corrected chi connectivity index (χ2v) is 7.25. The van der Waals surface area contributed by atoms with Crippen LogP contribution in [0, 0.1) is 24.0 Å². The van der Waals surface area contributed by atoms with Crippen molar-refractivity contribution in [1.82, 2.24) is 19.4 Å². The molecule has 31 heavy (non-hydrogen) atoms. The first-order valence-corrected chi connectivity index (χ1v) is 9.42. The van der Waals surface area contributed by atoms with E-state index in [4.69, 9.17) is 11.6 Å². The molecule has 0 saturated carbocycles. The van der Waals surface area contributed by atoms with E-state index in [0.717, 1.165) is 33.9 Å². The summed E-state index contributed by atoms with van der Waals surface area (Å²) in [5.74, 6) is -0.793. The number of carbonyl (C=O) groups excluding carboxylic acids is 1. The summed E-state index contributed by atoms with van der Waals surface area (Å²) in [6.45, 7) is 3.97.